The highest BCUT2D eigenvalue weighted by Gasteiger charge is 2.35. The summed E-state index contributed by atoms with van der Waals surface area (Å²) in [5.41, 5.74) is 1.83. The Balaban J connectivity index is 1.95. The van der Waals surface area contributed by atoms with Crippen LogP contribution >= 0.6 is 0 Å². The zero-order chi connectivity index (χ0) is 17.8. The van der Waals surface area contributed by atoms with E-state index >= 15 is 0 Å². The summed E-state index contributed by atoms with van der Waals surface area (Å²) in [5.74, 6) is 0.250. The topological polar surface area (TPSA) is 106 Å². The summed E-state index contributed by atoms with van der Waals surface area (Å²) in [6.45, 7) is 3.99. The van der Waals surface area contributed by atoms with Crippen molar-refractivity contribution < 1.29 is 13.2 Å². The van der Waals surface area contributed by atoms with Crippen molar-refractivity contribution in [1.29, 1.82) is 0 Å². The van der Waals surface area contributed by atoms with Gasteiger partial charge in [0.05, 0.1) is 9.79 Å². The lowest BCUT2D eigenvalue weighted by atomic mass is 9.95. The monoisotopic (exact) mass is 354 g/mol. The third-order valence-corrected chi connectivity index (χ3v) is 6.19. The molecule has 8 heteroatoms. The van der Waals surface area contributed by atoms with Gasteiger partial charge in [-0.2, -0.15) is 0 Å². The molecule has 0 aliphatic carbocycles. The summed E-state index contributed by atoms with van der Waals surface area (Å²) in [6, 6.07) is 9.53. The van der Waals surface area contributed by atoms with E-state index in [1.54, 1.807) is 18.2 Å². The van der Waals surface area contributed by atoms with Gasteiger partial charge < -0.3 is 0 Å². The highest BCUT2D eigenvalue weighted by atomic mass is 32.2. The Hall–Kier alpha value is -2.87. The van der Waals surface area contributed by atoms with Crippen LogP contribution in [0.2, 0.25) is 0 Å². The van der Waals surface area contributed by atoms with Gasteiger partial charge in [-0.25, -0.2) is 13.5 Å². The van der Waals surface area contributed by atoms with Crippen molar-refractivity contribution in [2.45, 2.75) is 29.6 Å². The van der Waals surface area contributed by atoms with E-state index in [0.29, 0.717) is 11.4 Å². The molecule has 1 aliphatic heterocycles. The molecule has 0 spiro atoms. The number of ketones is 1. The molecule has 25 heavy (non-hydrogen) atoms. The Kier molecular flexibility index (Phi) is 3.33. The maximum atomic E-state index is 13.0. The molecule has 126 valence electrons. The first kappa shape index (κ1) is 15.6. The van der Waals surface area contributed by atoms with Crippen LogP contribution in [0.5, 0.6) is 0 Å². The Bertz CT molecular complexity index is 1100. The molecular weight excluding hydrogens is 340 g/mol. The lowest BCUT2D eigenvalue weighted by Crippen LogP contribution is -2.20. The zero-order valence-corrected chi connectivity index (χ0v) is 14.3. The van der Waals surface area contributed by atoms with Crippen molar-refractivity contribution in [1.82, 2.24) is 20.6 Å². The van der Waals surface area contributed by atoms with E-state index in [1.165, 1.54) is 18.2 Å². The molecule has 2 aromatic carbocycles. The summed E-state index contributed by atoms with van der Waals surface area (Å²) < 4.78 is 26.1. The number of hydrogen-bond acceptors (Lipinski definition) is 6. The Morgan fingerprint density at radius 2 is 1.80 bits per heavy atom. The number of fused-ring (bicyclic) bond motifs is 2. The fraction of sp³-hybridized carbons (Fsp3) is 0.176. The number of carbonyl (C=O) groups excluding carboxylic acids is 1. The minimum atomic E-state index is -3.79. The van der Waals surface area contributed by atoms with Crippen molar-refractivity contribution in [2.24, 2.45) is 0 Å². The van der Waals surface area contributed by atoms with E-state index in [1.807, 2.05) is 13.8 Å². The molecule has 4 rings (SSSR count). The molecule has 7 nitrogen and oxygen atoms in total. The number of carbonyl (C=O) groups is 1. The van der Waals surface area contributed by atoms with Crippen LogP contribution < -0.4 is 0 Å². The molecule has 0 radical (unpaired) electrons. The van der Waals surface area contributed by atoms with Crippen LogP contribution in [0.25, 0.3) is 11.4 Å². The predicted molar refractivity (Wildman–Crippen MR) is 89.0 cm³/mol. The molecule has 1 aliphatic rings. The number of nitrogens with zero attached hydrogens (tertiary/aromatic N) is 3. The van der Waals surface area contributed by atoms with Gasteiger partial charge in [0.1, 0.15) is 0 Å². The van der Waals surface area contributed by atoms with E-state index in [4.69, 9.17) is 0 Å². The van der Waals surface area contributed by atoms with Crippen molar-refractivity contribution in [2.75, 3.05) is 0 Å². The second-order valence-corrected chi connectivity index (χ2v) is 8.09. The number of sulfone groups is 1. The van der Waals surface area contributed by atoms with Crippen LogP contribution in [0.1, 0.15) is 41.3 Å². The van der Waals surface area contributed by atoms with Gasteiger partial charge >= 0.3 is 0 Å². The van der Waals surface area contributed by atoms with Crippen LogP contribution in [0, 0.1) is 0 Å². The predicted octanol–water partition coefficient (Wildman–Crippen LogP) is 2.37. The van der Waals surface area contributed by atoms with E-state index in [2.05, 4.69) is 20.6 Å². The number of nitrogens with one attached hydrogen (secondary N) is 1. The average molecular weight is 354 g/mol. The molecule has 1 N–H and O–H groups in total. The second kappa shape index (κ2) is 5.32. The third kappa shape index (κ3) is 2.29. The van der Waals surface area contributed by atoms with E-state index < -0.39 is 9.84 Å². The summed E-state index contributed by atoms with van der Waals surface area (Å²) in [6.07, 6.45) is 0. The maximum absolute atomic E-state index is 13.0. The number of benzene rings is 2. The lowest BCUT2D eigenvalue weighted by molar-refractivity contribution is 0.103. The molecule has 0 fully saturated rings. The first-order chi connectivity index (χ1) is 11.9. The molecular formula is C17H14N4O3S. The van der Waals surface area contributed by atoms with Crippen molar-refractivity contribution in [3.8, 4) is 11.4 Å². The first-order valence-corrected chi connectivity index (χ1v) is 9.20. The van der Waals surface area contributed by atoms with Crippen LogP contribution in [0.15, 0.2) is 46.2 Å². The smallest absolute Gasteiger partial charge is 0.208 e. The lowest BCUT2D eigenvalue weighted by Gasteiger charge is -2.20. The Morgan fingerprint density at radius 3 is 2.48 bits per heavy atom. The van der Waals surface area contributed by atoms with Crippen LogP contribution in [-0.4, -0.2) is 34.8 Å². The standard InChI is InChI=1S/C17H14N4O3S/c1-9(2)10-4-6-14-13(7-10)16(22)12-5-3-11(17-18-20-21-19-17)8-15(12)25(14,23)24/h3-9H,1-2H3,(H,18,19,20,21). The normalized spacial score (nSPS) is 15.1. The summed E-state index contributed by atoms with van der Waals surface area (Å²) in [4.78, 5) is 12.9. The summed E-state index contributed by atoms with van der Waals surface area (Å²) in [5, 5.41) is 13.3. The number of hydrogen-bond donors (Lipinski definition) is 1. The van der Waals surface area contributed by atoms with Gasteiger partial charge in [-0.3, -0.25) is 4.79 Å². The quantitative estimate of drug-likeness (QED) is 0.592. The van der Waals surface area contributed by atoms with Gasteiger partial charge in [0, 0.05) is 16.7 Å². The van der Waals surface area contributed by atoms with Crippen molar-refractivity contribution in [3.05, 3.63) is 53.1 Å². The van der Waals surface area contributed by atoms with Crippen LogP contribution in [0.4, 0.5) is 0 Å². The van der Waals surface area contributed by atoms with E-state index in [-0.39, 0.29) is 32.6 Å². The fourth-order valence-electron chi connectivity index (χ4n) is 2.94. The molecule has 0 atom stereocenters. The van der Waals surface area contributed by atoms with Gasteiger partial charge in [-0.1, -0.05) is 26.0 Å². The van der Waals surface area contributed by atoms with Gasteiger partial charge in [0.2, 0.25) is 9.84 Å². The Labute approximate surface area is 144 Å². The first-order valence-electron chi connectivity index (χ1n) is 7.71. The number of H-pyrrole nitrogens is 1. The minimum absolute atomic E-state index is 0.0174. The summed E-state index contributed by atoms with van der Waals surface area (Å²) >= 11 is 0. The molecule has 0 saturated carbocycles. The highest BCUT2D eigenvalue weighted by Crippen LogP contribution is 2.37. The van der Waals surface area contributed by atoms with Gasteiger partial charge in [0.15, 0.2) is 11.6 Å². The highest BCUT2D eigenvalue weighted by molar-refractivity contribution is 7.91. The molecule has 0 saturated heterocycles. The van der Waals surface area contributed by atoms with Gasteiger partial charge in [-0.05, 0) is 46.2 Å². The third-order valence-electron chi connectivity index (χ3n) is 4.34. The minimum Gasteiger partial charge on any atom is -0.289 e. The average Bonchev–Trinajstić information content (AvgIpc) is 3.13. The van der Waals surface area contributed by atoms with E-state index in [9.17, 15) is 13.2 Å². The SMILES string of the molecule is CC(C)c1ccc2c(c1)C(=O)c1ccc(-c3nnn[nH]3)cc1S2(=O)=O. The van der Waals surface area contributed by atoms with Gasteiger partial charge in [0.25, 0.3) is 0 Å². The number of rotatable bonds is 2. The molecule has 0 amide bonds. The van der Waals surface area contributed by atoms with Crippen molar-refractivity contribution >= 4 is 15.6 Å². The molecule has 0 bridgehead atoms. The largest absolute Gasteiger partial charge is 0.289 e. The maximum Gasteiger partial charge on any atom is 0.208 e. The molecule has 2 heterocycles. The van der Waals surface area contributed by atoms with Gasteiger partial charge in [-0.15, -0.1) is 5.10 Å². The summed E-state index contributed by atoms with van der Waals surface area (Å²) in [7, 11) is -3.79. The Morgan fingerprint density at radius 1 is 1.00 bits per heavy atom. The van der Waals surface area contributed by atoms with E-state index in [0.717, 1.165) is 5.56 Å². The molecule has 0 unspecified atom stereocenters. The molecule has 3 aromatic rings. The second-order valence-electron chi connectivity index (χ2n) is 6.20. The number of aromatic nitrogens is 4. The van der Waals surface area contributed by atoms with Crippen LogP contribution in [-0.2, 0) is 9.84 Å². The van der Waals surface area contributed by atoms with Crippen LogP contribution in [0.3, 0.4) is 0 Å². The molecule has 1 aromatic heterocycles. The zero-order valence-electron chi connectivity index (χ0n) is 13.5. The number of aromatic amines is 1. The number of tetrazole rings is 1. The van der Waals surface area contributed by atoms with Crippen molar-refractivity contribution in [3.63, 3.8) is 0 Å². The fourth-order valence-corrected chi connectivity index (χ4v) is 4.60.